The summed E-state index contributed by atoms with van der Waals surface area (Å²) in [6.45, 7) is 5.72. The number of nitrogens with two attached hydrogens (primary N) is 1. The Balaban J connectivity index is 1.15. The van der Waals surface area contributed by atoms with Crippen molar-refractivity contribution in [2.45, 2.75) is 45.1 Å². The number of pyridine rings is 1. The molecule has 256 valence electrons. The number of hydrogen-bond acceptors (Lipinski definition) is 9. The number of nitrogens with one attached hydrogen (secondary N) is 3. The molecule has 1 aliphatic carbocycles. The second kappa shape index (κ2) is 15.5. The molecular formula is C36H44N10O3. The molecule has 2 aromatic heterocycles. The Morgan fingerprint density at radius 3 is 2.29 bits per heavy atom. The number of likely N-dealkylation sites (N-methyl/N-ethyl adjacent to an activating group) is 1. The summed E-state index contributed by atoms with van der Waals surface area (Å²) in [7, 11) is 2.06. The first-order valence-corrected chi connectivity index (χ1v) is 17.0. The fourth-order valence-electron chi connectivity index (χ4n) is 6.58. The molecule has 1 aliphatic heterocycles. The minimum Gasteiger partial charge on any atom is -0.344 e. The first kappa shape index (κ1) is 33.9. The van der Waals surface area contributed by atoms with Crippen molar-refractivity contribution in [3.05, 3.63) is 77.6 Å². The second-order valence-electron chi connectivity index (χ2n) is 13.2. The van der Waals surface area contributed by atoms with Crippen molar-refractivity contribution >= 4 is 23.4 Å². The van der Waals surface area contributed by atoms with E-state index in [0.717, 1.165) is 66.6 Å². The number of benzene rings is 2. The van der Waals surface area contributed by atoms with Crippen LogP contribution in [0.4, 0.5) is 5.69 Å². The highest BCUT2D eigenvalue weighted by atomic mass is 16.2. The van der Waals surface area contributed by atoms with E-state index in [2.05, 4.69) is 48.2 Å². The van der Waals surface area contributed by atoms with E-state index in [-0.39, 0.29) is 23.6 Å². The average molecular weight is 665 g/mol. The maximum Gasteiger partial charge on any atom is 0.272 e. The molecule has 4 aromatic rings. The summed E-state index contributed by atoms with van der Waals surface area (Å²) in [6, 6.07) is 16.1. The molecule has 1 saturated heterocycles. The zero-order chi connectivity index (χ0) is 34.3. The second-order valence-corrected chi connectivity index (χ2v) is 13.2. The smallest absolute Gasteiger partial charge is 0.272 e. The maximum absolute atomic E-state index is 13.7. The number of carbonyl (C=O) groups is 3. The summed E-state index contributed by atoms with van der Waals surface area (Å²) in [5, 5.41) is 20.0. The fourth-order valence-corrected chi connectivity index (χ4v) is 6.58. The number of aromatic amines is 1. The zero-order valence-corrected chi connectivity index (χ0v) is 28.1. The number of H-pyrrole nitrogens is 1. The molecule has 0 bridgehead atoms. The quantitative estimate of drug-likeness (QED) is 0.199. The number of anilines is 1. The molecule has 0 radical (unpaired) electrons. The zero-order valence-electron chi connectivity index (χ0n) is 28.1. The molecule has 2 aliphatic rings. The molecule has 2 aromatic carbocycles. The van der Waals surface area contributed by atoms with Crippen molar-refractivity contribution in [1.29, 1.82) is 0 Å². The summed E-state index contributed by atoms with van der Waals surface area (Å²) in [5.41, 5.74) is 11.4. The normalized spacial score (nSPS) is 18.9. The van der Waals surface area contributed by atoms with E-state index in [1.807, 2.05) is 42.2 Å². The summed E-state index contributed by atoms with van der Waals surface area (Å²) in [4.78, 5) is 48.7. The fraction of sp³-hybridized carbons (Fsp3) is 0.417. The molecule has 6 rings (SSSR count). The first-order chi connectivity index (χ1) is 23.8. The van der Waals surface area contributed by atoms with Gasteiger partial charge in [0.15, 0.2) is 0 Å². The average Bonchev–Trinajstić information content (AvgIpc) is 3.67. The van der Waals surface area contributed by atoms with Gasteiger partial charge in [-0.15, -0.1) is 10.2 Å². The molecule has 2 fully saturated rings. The van der Waals surface area contributed by atoms with Crippen LogP contribution in [0.15, 0.2) is 60.8 Å². The van der Waals surface area contributed by atoms with Crippen LogP contribution in [-0.4, -0.2) is 98.9 Å². The van der Waals surface area contributed by atoms with Gasteiger partial charge in [0, 0.05) is 61.5 Å². The molecule has 1 unspecified atom stereocenters. The number of hydrogen-bond donors (Lipinski definition) is 4. The van der Waals surface area contributed by atoms with Gasteiger partial charge in [0.05, 0.1) is 0 Å². The largest absolute Gasteiger partial charge is 0.344 e. The van der Waals surface area contributed by atoms with Gasteiger partial charge in [-0.05, 0) is 104 Å². The number of aromatic nitrogens is 5. The lowest BCUT2D eigenvalue weighted by atomic mass is 9.81. The molecule has 49 heavy (non-hydrogen) atoms. The third-order valence-corrected chi connectivity index (χ3v) is 9.77. The maximum atomic E-state index is 13.7. The Morgan fingerprint density at radius 1 is 0.959 bits per heavy atom. The van der Waals surface area contributed by atoms with Crippen molar-refractivity contribution in [2.24, 2.45) is 17.6 Å². The topological polar surface area (TPSA) is 175 Å². The van der Waals surface area contributed by atoms with Crippen LogP contribution in [0, 0.1) is 18.8 Å². The Labute approximate surface area is 286 Å². The van der Waals surface area contributed by atoms with E-state index in [1.54, 1.807) is 30.5 Å². The number of tetrazole rings is 1. The van der Waals surface area contributed by atoms with Crippen molar-refractivity contribution in [1.82, 2.24) is 40.7 Å². The van der Waals surface area contributed by atoms with Gasteiger partial charge in [-0.2, -0.15) is 5.21 Å². The van der Waals surface area contributed by atoms with E-state index >= 15 is 0 Å². The van der Waals surface area contributed by atoms with Gasteiger partial charge in [-0.25, -0.2) is 0 Å². The lowest BCUT2D eigenvalue weighted by Gasteiger charge is -2.32. The minimum atomic E-state index is -0.786. The Kier molecular flexibility index (Phi) is 10.7. The van der Waals surface area contributed by atoms with Gasteiger partial charge in [0.25, 0.3) is 5.91 Å². The Morgan fingerprint density at radius 2 is 1.65 bits per heavy atom. The highest BCUT2D eigenvalue weighted by Gasteiger charge is 2.29. The molecule has 1 atom stereocenters. The third kappa shape index (κ3) is 8.35. The van der Waals surface area contributed by atoms with Crippen LogP contribution in [0.2, 0.25) is 0 Å². The number of carbonyl (C=O) groups excluding carboxylic acids is 3. The molecule has 0 spiro atoms. The lowest BCUT2D eigenvalue weighted by molar-refractivity contribution is -0.130. The Hall–Kier alpha value is -5.01. The van der Waals surface area contributed by atoms with Gasteiger partial charge < -0.3 is 26.2 Å². The number of nitrogens with zero attached hydrogens (tertiary/aromatic N) is 6. The van der Waals surface area contributed by atoms with Crippen LogP contribution in [0.5, 0.6) is 0 Å². The summed E-state index contributed by atoms with van der Waals surface area (Å²) in [5.74, 6) is 0.311. The van der Waals surface area contributed by atoms with Gasteiger partial charge in [0.1, 0.15) is 11.7 Å². The van der Waals surface area contributed by atoms with Crippen LogP contribution in [0.3, 0.4) is 0 Å². The minimum absolute atomic E-state index is 0.0418. The molecule has 13 nitrogen and oxygen atoms in total. The van der Waals surface area contributed by atoms with Gasteiger partial charge >= 0.3 is 0 Å². The standard InChI is InChI=1S/C36H44N10O3/c1-23-19-32(36(49)46-17-15-45(2)16-18-46)38-22-30(23)26-7-3-24(4-8-26)20-31(40-34(47)28-9-5-25(21-37)6-10-28)35(48)39-29-13-11-27(12-14-29)33-41-43-44-42-33/h3-4,7-8,11-14,19,22,25,28,31H,5-6,9-10,15-18,20-21,37H2,1-2H3,(H,39,48)(H,40,47)(H,41,42,43,44). The number of piperazine rings is 1. The van der Waals surface area contributed by atoms with Crippen LogP contribution >= 0.6 is 0 Å². The third-order valence-electron chi connectivity index (χ3n) is 9.77. The van der Waals surface area contributed by atoms with Crippen LogP contribution in [0.1, 0.15) is 47.3 Å². The van der Waals surface area contributed by atoms with E-state index in [9.17, 15) is 14.4 Å². The lowest BCUT2D eigenvalue weighted by Crippen LogP contribution is -2.48. The van der Waals surface area contributed by atoms with Gasteiger partial charge in [0.2, 0.25) is 17.6 Å². The monoisotopic (exact) mass is 664 g/mol. The number of amides is 3. The first-order valence-electron chi connectivity index (χ1n) is 17.0. The SMILES string of the molecule is Cc1cc(C(=O)N2CCN(C)CC2)ncc1-c1ccc(CC(NC(=O)C2CCC(CN)CC2)C(=O)Nc2ccc(-c3nn[nH]n3)cc2)cc1. The van der Waals surface area contributed by atoms with Crippen molar-refractivity contribution < 1.29 is 14.4 Å². The van der Waals surface area contributed by atoms with Crippen LogP contribution in [-0.2, 0) is 16.0 Å². The van der Waals surface area contributed by atoms with Crippen molar-refractivity contribution in [3.63, 3.8) is 0 Å². The molecule has 5 N–H and O–H groups in total. The molecular weight excluding hydrogens is 620 g/mol. The van der Waals surface area contributed by atoms with Crippen molar-refractivity contribution in [3.8, 4) is 22.5 Å². The number of rotatable bonds is 10. The highest BCUT2D eigenvalue weighted by molar-refractivity contribution is 5.98. The molecule has 3 amide bonds. The molecule has 3 heterocycles. The van der Waals surface area contributed by atoms with Crippen LogP contribution in [0.25, 0.3) is 22.5 Å². The van der Waals surface area contributed by atoms with E-state index in [1.165, 1.54) is 0 Å². The van der Waals surface area contributed by atoms with E-state index in [4.69, 9.17) is 5.73 Å². The molecule has 13 heteroatoms. The van der Waals surface area contributed by atoms with E-state index < -0.39 is 6.04 Å². The Bertz CT molecular complexity index is 1730. The summed E-state index contributed by atoms with van der Waals surface area (Å²) in [6.07, 6.45) is 5.43. The van der Waals surface area contributed by atoms with Crippen molar-refractivity contribution in [2.75, 3.05) is 45.1 Å². The predicted molar refractivity (Wildman–Crippen MR) is 186 cm³/mol. The van der Waals surface area contributed by atoms with Gasteiger partial charge in [-0.1, -0.05) is 24.3 Å². The van der Waals surface area contributed by atoms with Crippen LogP contribution < -0.4 is 16.4 Å². The van der Waals surface area contributed by atoms with E-state index in [0.29, 0.717) is 49.2 Å². The number of aryl methyl sites for hydroxylation is 1. The highest BCUT2D eigenvalue weighted by Crippen LogP contribution is 2.29. The summed E-state index contributed by atoms with van der Waals surface area (Å²) < 4.78 is 0. The summed E-state index contributed by atoms with van der Waals surface area (Å²) >= 11 is 0. The molecule has 1 saturated carbocycles. The van der Waals surface area contributed by atoms with Gasteiger partial charge in [-0.3, -0.25) is 19.4 Å². The predicted octanol–water partition coefficient (Wildman–Crippen LogP) is 3.06.